The van der Waals surface area contributed by atoms with Gasteiger partial charge in [-0.15, -0.1) is 0 Å². The van der Waals surface area contributed by atoms with Crippen molar-refractivity contribution in [3.8, 4) is 22.9 Å². The monoisotopic (exact) mass is 602 g/mol. The Hall–Kier alpha value is -3.05. The molecule has 0 aliphatic carbocycles. The first kappa shape index (κ1) is 29.4. The van der Waals surface area contributed by atoms with Gasteiger partial charge in [-0.25, -0.2) is 19.3 Å². The number of aliphatic carboxylic acids is 1. The van der Waals surface area contributed by atoms with Gasteiger partial charge in [0.2, 0.25) is 11.8 Å². The standard InChI is InChI=1S/C29H33Cl2FN6O3/c30-23-14-22(15-24(31)16-23)26-11-21(19-37-4-1-20(2-5-37)13-28(39)40)12-27(35-26)41-25-17-33-29(34-18-25)38-9-7-36(6-3-32)8-10-38/h11-12,14-18,20H,1-10,13,19H2,(H,39,40). The van der Waals surface area contributed by atoms with Crippen molar-refractivity contribution in [1.29, 1.82) is 0 Å². The summed E-state index contributed by atoms with van der Waals surface area (Å²) in [6.45, 7) is 5.47. The number of hydrogen-bond acceptors (Lipinski definition) is 8. The molecule has 41 heavy (non-hydrogen) atoms. The number of carboxylic acids is 1. The number of rotatable bonds is 10. The number of anilines is 1. The van der Waals surface area contributed by atoms with E-state index in [1.54, 1.807) is 18.5 Å². The lowest BCUT2D eigenvalue weighted by Crippen LogP contribution is -2.47. The largest absolute Gasteiger partial charge is 0.481 e. The van der Waals surface area contributed by atoms with Gasteiger partial charge in [0.15, 0.2) is 5.75 Å². The number of nitrogens with zero attached hydrogens (tertiary/aromatic N) is 6. The third-order valence-corrected chi connectivity index (χ3v) is 7.93. The van der Waals surface area contributed by atoms with E-state index in [1.807, 2.05) is 24.3 Å². The Balaban J connectivity index is 1.31. The van der Waals surface area contributed by atoms with Gasteiger partial charge in [-0.05, 0) is 61.7 Å². The van der Waals surface area contributed by atoms with Gasteiger partial charge in [0, 0.05) is 67.4 Å². The maximum Gasteiger partial charge on any atom is 0.303 e. The molecular weight excluding hydrogens is 570 g/mol. The Morgan fingerprint density at radius 3 is 2.27 bits per heavy atom. The van der Waals surface area contributed by atoms with E-state index in [1.165, 1.54) is 0 Å². The van der Waals surface area contributed by atoms with Crippen molar-refractivity contribution in [2.24, 2.45) is 5.92 Å². The summed E-state index contributed by atoms with van der Waals surface area (Å²) in [4.78, 5) is 31.3. The van der Waals surface area contributed by atoms with Crippen LogP contribution in [0.1, 0.15) is 24.8 Å². The van der Waals surface area contributed by atoms with Gasteiger partial charge in [-0.3, -0.25) is 14.6 Å². The van der Waals surface area contributed by atoms with Crippen molar-refractivity contribution in [2.75, 3.05) is 57.4 Å². The van der Waals surface area contributed by atoms with Crippen LogP contribution < -0.4 is 9.64 Å². The normalized spacial score (nSPS) is 17.1. The first-order valence-corrected chi connectivity index (χ1v) is 14.5. The second kappa shape index (κ2) is 13.7. The minimum atomic E-state index is -0.739. The molecule has 0 atom stereocenters. The average Bonchev–Trinajstić information content (AvgIpc) is 2.94. The van der Waals surface area contributed by atoms with Crippen LogP contribution in [0.5, 0.6) is 11.6 Å². The number of benzene rings is 1. The van der Waals surface area contributed by atoms with Crippen LogP contribution in [0.15, 0.2) is 42.7 Å². The Morgan fingerprint density at radius 1 is 0.951 bits per heavy atom. The second-order valence-corrected chi connectivity index (χ2v) is 11.4. The molecule has 0 unspecified atom stereocenters. The summed E-state index contributed by atoms with van der Waals surface area (Å²) in [5.41, 5.74) is 2.45. The molecule has 2 aliphatic heterocycles. The quantitative estimate of drug-likeness (QED) is 0.326. The van der Waals surface area contributed by atoms with E-state index in [4.69, 9.17) is 38.0 Å². The van der Waals surface area contributed by atoms with Crippen LogP contribution in [0.4, 0.5) is 10.3 Å². The van der Waals surface area contributed by atoms with Gasteiger partial charge < -0.3 is 14.7 Å². The summed E-state index contributed by atoms with van der Waals surface area (Å²) in [7, 11) is 0. The first-order valence-electron chi connectivity index (χ1n) is 13.8. The van der Waals surface area contributed by atoms with Crippen molar-refractivity contribution in [1.82, 2.24) is 24.8 Å². The zero-order valence-electron chi connectivity index (χ0n) is 22.7. The van der Waals surface area contributed by atoms with Gasteiger partial charge in [0.1, 0.15) is 6.67 Å². The van der Waals surface area contributed by atoms with Crippen molar-refractivity contribution in [3.63, 3.8) is 0 Å². The SMILES string of the molecule is O=C(O)CC1CCN(Cc2cc(Oc3cnc(N4CCN(CCF)CC4)nc3)nc(-c3cc(Cl)cc(Cl)c3)c2)CC1. The number of hydrogen-bond donors (Lipinski definition) is 1. The number of likely N-dealkylation sites (tertiary alicyclic amines) is 1. The summed E-state index contributed by atoms with van der Waals surface area (Å²) in [6, 6.07) is 9.20. The van der Waals surface area contributed by atoms with Gasteiger partial charge in [0.05, 0.1) is 18.1 Å². The zero-order valence-corrected chi connectivity index (χ0v) is 24.2. The van der Waals surface area contributed by atoms with E-state index in [-0.39, 0.29) is 19.0 Å². The third kappa shape index (κ3) is 8.25. The van der Waals surface area contributed by atoms with Gasteiger partial charge in [-0.2, -0.15) is 0 Å². The van der Waals surface area contributed by atoms with E-state index >= 15 is 0 Å². The van der Waals surface area contributed by atoms with Crippen LogP contribution in [0.25, 0.3) is 11.3 Å². The van der Waals surface area contributed by atoms with Crippen molar-refractivity contribution in [2.45, 2.75) is 25.8 Å². The Kier molecular flexibility index (Phi) is 9.87. The summed E-state index contributed by atoms with van der Waals surface area (Å²) >= 11 is 12.6. The average molecular weight is 604 g/mol. The zero-order chi connectivity index (χ0) is 28.8. The van der Waals surface area contributed by atoms with E-state index < -0.39 is 5.97 Å². The maximum absolute atomic E-state index is 12.6. The molecule has 2 aliphatic rings. The van der Waals surface area contributed by atoms with E-state index in [0.29, 0.717) is 46.4 Å². The van der Waals surface area contributed by atoms with Crippen molar-refractivity contribution >= 4 is 35.1 Å². The molecule has 2 aromatic heterocycles. The first-order chi connectivity index (χ1) is 19.8. The van der Waals surface area contributed by atoms with Gasteiger partial charge in [-0.1, -0.05) is 23.2 Å². The number of piperazine rings is 1. The number of ether oxygens (including phenoxy) is 1. The van der Waals surface area contributed by atoms with Crippen LogP contribution in [0.2, 0.25) is 10.0 Å². The molecule has 0 amide bonds. The summed E-state index contributed by atoms with van der Waals surface area (Å²) in [5, 5.41) is 10.2. The fourth-order valence-electron chi connectivity index (χ4n) is 5.34. The minimum absolute atomic E-state index is 0.214. The van der Waals surface area contributed by atoms with Gasteiger partial charge >= 0.3 is 5.97 Å². The molecule has 0 saturated carbocycles. The Morgan fingerprint density at radius 2 is 1.63 bits per heavy atom. The Bertz CT molecular complexity index is 1310. The predicted octanol–water partition coefficient (Wildman–Crippen LogP) is 5.42. The molecule has 0 radical (unpaired) electrons. The van der Waals surface area contributed by atoms with E-state index in [9.17, 15) is 9.18 Å². The number of piperidine rings is 1. The Labute approximate surface area is 248 Å². The molecule has 2 fully saturated rings. The molecule has 0 bridgehead atoms. The summed E-state index contributed by atoms with van der Waals surface area (Å²) in [6.07, 6.45) is 5.19. The van der Waals surface area contributed by atoms with Crippen LogP contribution in [-0.4, -0.2) is 88.3 Å². The van der Waals surface area contributed by atoms with Crippen LogP contribution in [0, 0.1) is 5.92 Å². The number of alkyl halides is 1. The molecular formula is C29H33Cl2FN6O3. The minimum Gasteiger partial charge on any atom is -0.481 e. The van der Waals surface area contributed by atoms with E-state index in [0.717, 1.165) is 63.2 Å². The number of halogens is 3. The number of carbonyl (C=O) groups is 1. The molecule has 0 spiro atoms. The lowest BCUT2D eigenvalue weighted by Gasteiger charge is -2.34. The molecule has 4 heterocycles. The molecule has 1 aromatic carbocycles. The number of aromatic nitrogens is 3. The highest BCUT2D eigenvalue weighted by atomic mass is 35.5. The molecule has 9 nitrogen and oxygen atoms in total. The van der Waals surface area contributed by atoms with Crippen LogP contribution >= 0.6 is 23.2 Å². The molecule has 218 valence electrons. The molecule has 3 aromatic rings. The topological polar surface area (TPSA) is 94.9 Å². The highest BCUT2D eigenvalue weighted by molar-refractivity contribution is 6.35. The maximum atomic E-state index is 12.6. The second-order valence-electron chi connectivity index (χ2n) is 10.5. The summed E-state index contributed by atoms with van der Waals surface area (Å²) in [5.74, 6) is 0.938. The smallest absolute Gasteiger partial charge is 0.303 e. The molecule has 2 saturated heterocycles. The molecule has 12 heteroatoms. The van der Waals surface area contributed by atoms with Crippen LogP contribution in [0.3, 0.4) is 0 Å². The third-order valence-electron chi connectivity index (χ3n) is 7.49. The predicted molar refractivity (Wildman–Crippen MR) is 157 cm³/mol. The highest BCUT2D eigenvalue weighted by Crippen LogP contribution is 2.31. The number of pyridine rings is 1. The fourth-order valence-corrected chi connectivity index (χ4v) is 5.87. The lowest BCUT2D eigenvalue weighted by atomic mass is 9.93. The summed E-state index contributed by atoms with van der Waals surface area (Å²) < 4.78 is 18.8. The van der Waals surface area contributed by atoms with Crippen LogP contribution in [-0.2, 0) is 11.3 Å². The van der Waals surface area contributed by atoms with Gasteiger partial charge in [0.25, 0.3) is 0 Å². The number of carboxylic acid groups (broad SMARTS) is 1. The van der Waals surface area contributed by atoms with Crippen molar-refractivity contribution < 1.29 is 19.0 Å². The lowest BCUT2D eigenvalue weighted by molar-refractivity contribution is -0.138. The van der Waals surface area contributed by atoms with E-state index in [2.05, 4.69) is 24.7 Å². The highest BCUT2D eigenvalue weighted by Gasteiger charge is 2.22. The fraction of sp³-hybridized carbons (Fsp3) is 0.448. The molecule has 1 N–H and O–H groups in total. The molecule has 5 rings (SSSR count). The van der Waals surface area contributed by atoms with Crippen molar-refractivity contribution in [3.05, 3.63) is 58.3 Å².